The second-order valence-corrected chi connectivity index (χ2v) is 6.80. The van der Waals surface area contributed by atoms with E-state index in [-0.39, 0.29) is 6.04 Å². The summed E-state index contributed by atoms with van der Waals surface area (Å²) >= 11 is 13.7. The highest BCUT2D eigenvalue weighted by atomic mass is 35.5. The Morgan fingerprint density at radius 2 is 2.20 bits per heavy atom. The first-order valence-electron chi connectivity index (χ1n) is 6.10. The van der Waals surface area contributed by atoms with Crippen molar-refractivity contribution in [1.82, 2.24) is 20.1 Å². The van der Waals surface area contributed by atoms with Crippen molar-refractivity contribution in [3.63, 3.8) is 0 Å². The van der Waals surface area contributed by atoms with E-state index >= 15 is 0 Å². The first-order valence-corrected chi connectivity index (χ1v) is 7.67. The normalized spacial score (nSPS) is 13.1. The number of hydrogen-bond donors (Lipinski definition) is 2. The zero-order valence-electron chi connectivity index (χ0n) is 11.3. The van der Waals surface area contributed by atoms with E-state index in [1.54, 1.807) is 6.20 Å². The van der Waals surface area contributed by atoms with Gasteiger partial charge in [-0.15, -0.1) is 11.3 Å². The minimum absolute atomic E-state index is 0.218. The lowest BCUT2D eigenvalue weighted by Crippen LogP contribution is -2.31. The lowest BCUT2D eigenvalue weighted by molar-refractivity contribution is 0.366. The lowest BCUT2D eigenvalue weighted by atomic mass is 10.2. The van der Waals surface area contributed by atoms with Gasteiger partial charge >= 0.3 is 0 Å². The zero-order chi connectivity index (χ0) is 14.7. The van der Waals surface area contributed by atoms with Gasteiger partial charge in [0.25, 0.3) is 0 Å². The Bertz CT molecular complexity index is 566. The number of nitrogens with one attached hydrogen (secondary N) is 1. The second kappa shape index (κ2) is 6.89. The topological polar surface area (TPSA) is 59.1 Å². The monoisotopic (exact) mass is 333 g/mol. The van der Waals surface area contributed by atoms with Crippen LogP contribution >= 0.6 is 34.5 Å². The summed E-state index contributed by atoms with van der Waals surface area (Å²) in [6, 6.07) is 3.57. The van der Waals surface area contributed by atoms with Gasteiger partial charge in [0.1, 0.15) is 0 Å². The summed E-state index contributed by atoms with van der Waals surface area (Å²) in [6.45, 7) is 1.61. The maximum atomic E-state index is 6.27. The van der Waals surface area contributed by atoms with Gasteiger partial charge in [0.15, 0.2) is 0 Å². The van der Waals surface area contributed by atoms with Crippen LogP contribution in [0.3, 0.4) is 0 Å². The quantitative estimate of drug-likeness (QED) is 0.629. The van der Waals surface area contributed by atoms with Crippen molar-refractivity contribution >= 4 is 34.5 Å². The zero-order valence-corrected chi connectivity index (χ0v) is 13.6. The average Bonchev–Trinajstić information content (AvgIpc) is 2.97. The first kappa shape index (κ1) is 15.8. The Labute approximate surface area is 132 Å². The summed E-state index contributed by atoms with van der Waals surface area (Å²) in [6.07, 6.45) is 1.64. The molecular formula is C12H17Cl2N5S. The molecule has 0 saturated heterocycles. The molecule has 110 valence electrons. The Morgan fingerprint density at radius 3 is 2.75 bits per heavy atom. The SMILES string of the molecule is CN(C)CCn1ncc(Cl)c1C(NN)c1ccc(Cl)s1. The summed E-state index contributed by atoms with van der Waals surface area (Å²) in [4.78, 5) is 3.10. The fourth-order valence-corrected chi connectivity index (χ4v) is 3.29. The minimum atomic E-state index is -0.218. The van der Waals surface area contributed by atoms with Crippen molar-refractivity contribution in [2.75, 3.05) is 20.6 Å². The van der Waals surface area contributed by atoms with Crippen LogP contribution in [-0.4, -0.2) is 35.3 Å². The fourth-order valence-electron chi connectivity index (χ4n) is 1.91. The van der Waals surface area contributed by atoms with E-state index in [0.717, 1.165) is 28.0 Å². The molecular weight excluding hydrogens is 317 g/mol. The molecule has 2 aromatic heterocycles. The Kier molecular flexibility index (Phi) is 5.42. The number of halogens is 2. The van der Waals surface area contributed by atoms with Crippen LogP contribution in [0.1, 0.15) is 16.6 Å². The molecule has 0 aliphatic carbocycles. The minimum Gasteiger partial charge on any atom is -0.308 e. The third kappa shape index (κ3) is 3.52. The van der Waals surface area contributed by atoms with E-state index in [1.807, 2.05) is 30.9 Å². The molecule has 20 heavy (non-hydrogen) atoms. The number of nitrogens with zero attached hydrogens (tertiary/aromatic N) is 3. The van der Waals surface area contributed by atoms with Crippen molar-refractivity contribution < 1.29 is 0 Å². The number of hydrogen-bond acceptors (Lipinski definition) is 5. The van der Waals surface area contributed by atoms with Crippen molar-refractivity contribution in [2.45, 2.75) is 12.6 Å². The molecule has 2 rings (SSSR count). The predicted molar refractivity (Wildman–Crippen MR) is 84.3 cm³/mol. The molecule has 2 aromatic rings. The molecule has 1 unspecified atom stereocenters. The Balaban J connectivity index is 2.31. The summed E-state index contributed by atoms with van der Waals surface area (Å²) in [7, 11) is 4.03. The highest BCUT2D eigenvalue weighted by molar-refractivity contribution is 7.16. The van der Waals surface area contributed by atoms with Crippen LogP contribution in [0.2, 0.25) is 9.36 Å². The lowest BCUT2D eigenvalue weighted by Gasteiger charge is -2.18. The molecule has 0 radical (unpaired) electrons. The molecule has 2 heterocycles. The number of rotatable bonds is 6. The average molecular weight is 334 g/mol. The van der Waals surface area contributed by atoms with Crippen molar-refractivity contribution in [3.8, 4) is 0 Å². The van der Waals surface area contributed by atoms with Gasteiger partial charge in [-0.3, -0.25) is 10.5 Å². The third-order valence-corrected chi connectivity index (χ3v) is 4.50. The van der Waals surface area contributed by atoms with Gasteiger partial charge in [-0.1, -0.05) is 23.2 Å². The summed E-state index contributed by atoms with van der Waals surface area (Å²) in [5.74, 6) is 5.70. The van der Waals surface area contributed by atoms with Gasteiger partial charge in [0.05, 0.1) is 33.8 Å². The van der Waals surface area contributed by atoms with Crippen LogP contribution in [-0.2, 0) is 6.54 Å². The maximum absolute atomic E-state index is 6.27. The molecule has 5 nitrogen and oxygen atoms in total. The molecule has 0 fully saturated rings. The summed E-state index contributed by atoms with van der Waals surface area (Å²) in [5.41, 5.74) is 3.65. The smallest absolute Gasteiger partial charge is 0.0985 e. The van der Waals surface area contributed by atoms with Crippen molar-refractivity contribution in [3.05, 3.63) is 38.3 Å². The summed E-state index contributed by atoms with van der Waals surface area (Å²) < 4.78 is 2.59. The van der Waals surface area contributed by atoms with Crippen LogP contribution in [0.15, 0.2) is 18.3 Å². The van der Waals surface area contributed by atoms with Crippen molar-refractivity contribution in [2.24, 2.45) is 5.84 Å². The number of hydrazine groups is 1. The van der Waals surface area contributed by atoms with Crippen LogP contribution in [0.4, 0.5) is 0 Å². The van der Waals surface area contributed by atoms with Crippen molar-refractivity contribution in [1.29, 1.82) is 0 Å². The standard InChI is InChI=1S/C12H17Cl2N5S/c1-18(2)5-6-19-12(8(13)7-16-19)11(17-15)9-3-4-10(14)20-9/h3-4,7,11,17H,5-6,15H2,1-2H3. The highest BCUT2D eigenvalue weighted by Gasteiger charge is 2.22. The fraction of sp³-hybridized carbons (Fsp3) is 0.417. The number of thiophene rings is 1. The number of likely N-dealkylation sites (N-methyl/N-ethyl adjacent to an activating group) is 1. The molecule has 0 aliphatic heterocycles. The highest BCUT2D eigenvalue weighted by Crippen LogP contribution is 2.33. The van der Waals surface area contributed by atoms with Crippen LogP contribution in [0.25, 0.3) is 0 Å². The molecule has 0 aromatic carbocycles. The molecule has 3 N–H and O–H groups in total. The second-order valence-electron chi connectivity index (χ2n) is 4.65. The van der Waals surface area contributed by atoms with Gasteiger partial charge in [-0.05, 0) is 26.2 Å². The van der Waals surface area contributed by atoms with Crippen LogP contribution in [0.5, 0.6) is 0 Å². The van der Waals surface area contributed by atoms with E-state index in [9.17, 15) is 0 Å². The number of nitrogens with two attached hydrogens (primary N) is 1. The number of aromatic nitrogens is 2. The van der Waals surface area contributed by atoms with Gasteiger partial charge < -0.3 is 4.90 Å². The van der Waals surface area contributed by atoms with Gasteiger partial charge in [0, 0.05) is 11.4 Å². The molecule has 0 saturated carbocycles. The van der Waals surface area contributed by atoms with E-state index in [1.165, 1.54) is 11.3 Å². The largest absolute Gasteiger partial charge is 0.308 e. The van der Waals surface area contributed by atoms with Crippen LogP contribution in [0, 0.1) is 0 Å². The Morgan fingerprint density at radius 1 is 1.45 bits per heavy atom. The molecule has 0 amide bonds. The third-order valence-electron chi connectivity index (χ3n) is 2.91. The van der Waals surface area contributed by atoms with Gasteiger partial charge in [-0.25, -0.2) is 5.43 Å². The molecule has 0 spiro atoms. The van der Waals surface area contributed by atoms with E-state index in [4.69, 9.17) is 29.0 Å². The molecule has 0 bridgehead atoms. The molecule has 1 atom stereocenters. The Hall–Kier alpha value is -0.630. The predicted octanol–water partition coefficient (Wildman–Crippen LogP) is 2.37. The summed E-state index contributed by atoms with van der Waals surface area (Å²) in [5, 5.41) is 4.92. The maximum Gasteiger partial charge on any atom is 0.0985 e. The molecule has 0 aliphatic rings. The van der Waals surface area contributed by atoms with Gasteiger partial charge in [-0.2, -0.15) is 5.10 Å². The van der Waals surface area contributed by atoms with E-state index in [0.29, 0.717) is 5.02 Å². The van der Waals surface area contributed by atoms with E-state index < -0.39 is 0 Å². The van der Waals surface area contributed by atoms with E-state index in [2.05, 4.69) is 15.4 Å². The first-order chi connectivity index (χ1) is 9.52. The molecule has 8 heteroatoms. The van der Waals surface area contributed by atoms with Gasteiger partial charge in [0.2, 0.25) is 0 Å². The van der Waals surface area contributed by atoms with Crippen LogP contribution < -0.4 is 11.3 Å².